The topological polar surface area (TPSA) is 30.5 Å². The van der Waals surface area contributed by atoms with Gasteiger partial charge in [0.2, 0.25) is 0 Å². The van der Waals surface area contributed by atoms with Crippen molar-refractivity contribution in [1.82, 2.24) is 5.32 Å². The molecule has 0 aromatic heterocycles. The molecule has 1 saturated heterocycles. The molecule has 0 spiro atoms. The lowest BCUT2D eigenvalue weighted by atomic mass is 10.0. The number of hydrogen-bond donors (Lipinski definition) is 1. The van der Waals surface area contributed by atoms with Crippen LogP contribution in [0.5, 0.6) is 0 Å². The molecule has 2 aromatic rings. The lowest BCUT2D eigenvalue weighted by Gasteiger charge is -2.34. The fourth-order valence-corrected chi connectivity index (χ4v) is 2.88. The van der Waals surface area contributed by atoms with Crippen LogP contribution in [0.1, 0.15) is 35.8 Å². The maximum Gasteiger partial charge on any atom is 0.416 e. The molecule has 0 saturated carbocycles. The van der Waals surface area contributed by atoms with Crippen LogP contribution in [0.4, 0.5) is 13.2 Å². The van der Waals surface area contributed by atoms with Crippen LogP contribution in [0.3, 0.4) is 0 Å². The number of morpholine rings is 1. The van der Waals surface area contributed by atoms with Gasteiger partial charge in [-0.3, -0.25) is 0 Å². The number of hydrogen-bond acceptors (Lipinski definition) is 3. The molecule has 3 rings (SSSR count). The average Bonchev–Trinajstić information content (AvgIpc) is 2.62. The van der Waals surface area contributed by atoms with Gasteiger partial charge in [-0.1, -0.05) is 42.5 Å². The first-order valence-corrected chi connectivity index (χ1v) is 8.18. The Bertz CT molecular complexity index is 691. The zero-order chi connectivity index (χ0) is 17.9. The second-order valence-electron chi connectivity index (χ2n) is 5.98. The maximum absolute atomic E-state index is 12.9. The van der Waals surface area contributed by atoms with Gasteiger partial charge >= 0.3 is 6.18 Å². The Balaban J connectivity index is 1.76. The highest BCUT2D eigenvalue weighted by Crippen LogP contribution is 2.33. The Labute approximate surface area is 144 Å². The van der Waals surface area contributed by atoms with Crippen molar-refractivity contribution in [2.75, 3.05) is 13.2 Å². The summed E-state index contributed by atoms with van der Waals surface area (Å²) in [5, 5.41) is 3.35. The highest BCUT2D eigenvalue weighted by molar-refractivity contribution is 5.27. The third-order valence-electron chi connectivity index (χ3n) is 4.20. The van der Waals surface area contributed by atoms with Gasteiger partial charge in [-0.2, -0.15) is 13.2 Å². The highest BCUT2D eigenvalue weighted by Gasteiger charge is 2.32. The maximum atomic E-state index is 12.9. The number of ether oxygens (including phenoxy) is 2. The van der Waals surface area contributed by atoms with E-state index in [0.29, 0.717) is 18.7 Å². The van der Waals surface area contributed by atoms with Gasteiger partial charge in [-0.05, 0) is 30.2 Å². The molecule has 25 heavy (non-hydrogen) atoms. The molecule has 1 aliphatic rings. The molecule has 0 bridgehead atoms. The molecule has 1 heterocycles. The van der Waals surface area contributed by atoms with Gasteiger partial charge in [0.05, 0.1) is 24.3 Å². The molecule has 2 aromatic carbocycles. The molecule has 1 aliphatic heterocycles. The first kappa shape index (κ1) is 17.9. The Hall–Kier alpha value is -1.89. The minimum atomic E-state index is -4.37. The van der Waals surface area contributed by atoms with Crippen LogP contribution >= 0.6 is 0 Å². The van der Waals surface area contributed by atoms with E-state index in [4.69, 9.17) is 9.47 Å². The number of alkyl halides is 3. The third-order valence-corrected chi connectivity index (χ3v) is 4.20. The number of halogens is 3. The van der Waals surface area contributed by atoms with E-state index >= 15 is 0 Å². The van der Waals surface area contributed by atoms with Gasteiger partial charge in [-0.15, -0.1) is 0 Å². The van der Waals surface area contributed by atoms with E-state index < -0.39 is 24.1 Å². The molecule has 134 valence electrons. The smallest absolute Gasteiger partial charge is 0.349 e. The van der Waals surface area contributed by atoms with Crippen molar-refractivity contribution >= 4 is 0 Å². The summed E-state index contributed by atoms with van der Waals surface area (Å²) < 4.78 is 50.4. The fourth-order valence-electron chi connectivity index (χ4n) is 2.88. The third kappa shape index (κ3) is 4.39. The van der Waals surface area contributed by atoms with Gasteiger partial charge < -0.3 is 14.8 Å². The van der Waals surface area contributed by atoms with Crippen molar-refractivity contribution in [2.45, 2.75) is 31.5 Å². The fraction of sp³-hybridized carbons (Fsp3) is 0.368. The summed E-state index contributed by atoms with van der Waals surface area (Å²) in [6, 6.07) is 14.8. The van der Waals surface area contributed by atoms with Crippen molar-refractivity contribution < 1.29 is 22.6 Å². The van der Waals surface area contributed by atoms with Crippen molar-refractivity contribution in [3.63, 3.8) is 0 Å². The zero-order valence-corrected chi connectivity index (χ0v) is 13.8. The zero-order valence-electron chi connectivity index (χ0n) is 13.8. The van der Waals surface area contributed by atoms with Crippen LogP contribution in [-0.2, 0) is 15.7 Å². The Morgan fingerprint density at radius 1 is 1.12 bits per heavy atom. The largest absolute Gasteiger partial charge is 0.416 e. The molecular formula is C19H20F3NO2. The summed E-state index contributed by atoms with van der Waals surface area (Å²) >= 11 is 0. The summed E-state index contributed by atoms with van der Waals surface area (Å²) in [6.45, 7) is 2.91. The molecule has 1 fully saturated rings. The van der Waals surface area contributed by atoms with E-state index in [1.54, 1.807) is 13.0 Å². The Kier molecular flexibility index (Phi) is 5.42. The second-order valence-corrected chi connectivity index (χ2v) is 5.98. The van der Waals surface area contributed by atoms with Gasteiger partial charge in [-0.25, -0.2) is 0 Å². The van der Waals surface area contributed by atoms with Crippen molar-refractivity contribution in [1.29, 1.82) is 0 Å². The summed E-state index contributed by atoms with van der Waals surface area (Å²) in [5.74, 6) is 0. The van der Waals surface area contributed by atoms with Crippen LogP contribution < -0.4 is 5.32 Å². The molecule has 6 heteroatoms. The first-order valence-electron chi connectivity index (χ1n) is 8.18. The Morgan fingerprint density at radius 3 is 2.60 bits per heavy atom. The van der Waals surface area contributed by atoms with Gasteiger partial charge in [0.15, 0.2) is 6.29 Å². The SMILES string of the molecule is CC(OC1OCCNC1c1ccccc1)c1cccc(C(F)(F)F)c1. The molecular weight excluding hydrogens is 331 g/mol. The molecule has 3 nitrogen and oxygen atoms in total. The van der Waals surface area contributed by atoms with Gasteiger partial charge in [0.1, 0.15) is 0 Å². The van der Waals surface area contributed by atoms with E-state index in [1.165, 1.54) is 6.07 Å². The second kappa shape index (κ2) is 7.56. The van der Waals surface area contributed by atoms with E-state index in [9.17, 15) is 13.2 Å². The van der Waals surface area contributed by atoms with E-state index in [0.717, 1.165) is 17.7 Å². The number of nitrogens with one attached hydrogen (secondary N) is 1. The quantitative estimate of drug-likeness (QED) is 0.882. The normalized spacial score (nSPS) is 22.6. The first-order chi connectivity index (χ1) is 11.9. The van der Waals surface area contributed by atoms with Crippen molar-refractivity contribution in [3.8, 4) is 0 Å². The lowest BCUT2D eigenvalue weighted by Crippen LogP contribution is -2.43. The van der Waals surface area contributed by atoms with Crippen LogP contribution in [0.25, 0.3) is 0 Å². The number of rotatable bonds is 4. The summed E-state index contributed by atoms with van der Waals surface area (Å²) in [7, 11) is 0. The summed E-state index contributed by atoms with van der Waals surface area (Å²) in [5.41, 5.74) is 0.807. The lowest BCUT2D eigenvalue weighted by molar-refractivity contribution is -0.200. The van der Waals surface area contributed by atoms with Crippen molar-refractivity contribution in [3.05, 3.63) is 71.3 Å². The monoisotopic (exact) mass is 351 g/mol. The molecule has 1 N–H and O–H groups in total. The Morgan fingerprint density at radius 2 is 1.88 bits per heavy atom. The van der Waals surface area contributed by atoms with Crippen LogP contribution in [0.15, 0.2) is 54.6 Å². The summed E-state index contributed by atoms with van der Waals surface area (Å²) in [4.78, 5) is 0. The van der Waals surface area contributed by atoms with Crippen LogP contribution in [-0.4, -0.2) is 19.4 Å². The van der Waals surface area contributed by atoms with E-state index in [-0.39, 0.29) is 6.04 Å². The average molecular weight is 351 g/mol. The molecule has 0 amide bonds. The predicted octanol–water partition coefficient (Wildman–Crippen LogP) is 4.47. The summed E-state index contributed by atoms with van der Waals surface area (Å²) in [6.07, 6.45) is -5.47. The highest BCUT2D eigenvalue weighted by atomic mass is 19.4. The molecule has 0 aliphatic carbocycles. The van der Waals surface area contributed by atoms with Crippen LogP contribution in [0, 0.1) is 0 Å². The minimum absolute atomic E-state index is 0.164. The number of benzene rings is 2. The molecule has 3 unspecified atom stereocenters. The molecule has 3 atom stereocenters. The van der Waals surface area contributed by atoms with E-state index in [1.807, 2.05) is 30.3 Å². The van der Waals surface area contributed by atoms with Gasteiger partial charge in [0.25, 0.3) is 0 Å². The van der Waals surface area contributed by atoms with Crippen molar-refractivity contribution in [2.24, 2.45) is 0 Å². The van der Waals surface area contributed by atoms with Gasteiger partial charge in [0, 0.05) is 6.54 Å². The standard InChI is InChI=1S/C19H20F3NO2/c1-13(15-8-5-9-16(12-15)19(20,21)22)25-18-17(23-10-11-24-18)14-6-3-2-4-7-14/h2-9,12-13,17-18,23H,10-11H2,1H3. The van der Waals surface area contributed by atoms with Crippen LogP contribution in [0.2, 0.25) is 0 Å². The predicted molar refractivity (Wildman–Crippen MR) is 87.9 cm³/mol. The minimum Gasteiger partial charge on any atom is -0.349 e. The van der Waals surface area contributed by atoms with E-state index in [2.05, 4.69) is 5.32 Å². The molecule has 0 radical (unpaired) electrons.